The minimum atomic E-state index is -0.884. The summed E-state index contributed by atoms with van der Waals surface area (Å²) < 4.78 is 0. The molecule has 0 aromatic heterocycles. The summed E-state index contributed by atoms with van der Waals surface area (Å²) in [4.78, 5) is 0. The summed E-state index contributed by atoms with van der Waals surface area (Å²) in [7, 11) is 0. The molecule has 1 unspecified atom stereocenters. The van der Waals surface area contributed by atoms with Gasteiger partial charge in [-0.1, -0.05) is 41.9 Å². The second-order valence-electron chi connectivity index (χ2n) is 5.12. The van der Waals surface area contributed by atoms with Crippen LogP contribution >= 0.6 is 11.6 Å². The average Bonchev–Trinajstić information content (AvgIpc) is 2.48. The fourth-order valence-electron chi connectivity index (χ4n) is 2.11. The van der Waals surface area contributed by atoms with E-state index in [2.05, 4.69) is 5.32 Å². The number of aliphatic hydroxyl groups is 1. The van der Waals surface area contributed by atoms with Gasteiger partial charge in [0.25, 0.3) is 0 Å². The standard InChI is InChI=1S/C17H17ClN2O/c1-17(21,14-5-3-2-4-6-14)9-10-20-15-8-7-13(12-19)16(18)11-15/h2-8,11,20-21H,9-10H2,1H3. The van der Waals surface area contributed by atoms with E-state index in [1.54, 1.807) is 19.1 Å². The number of nitriles is 1. The van der Waals surface area contributed by atoms with Gasteiger partial charge in [0.2, 0.25) is 0 Å². The normalized spacial score (nSPS) is 13.2. The summed E-state index contributed by atoms with van der Waals surface area (Å²) in [5, 5.41) is 23.0. The van der Waals surface area contributed by atoms with E-state index in [4.69, 9.17) is 16.9 Å². The maximum atomic E-state index is 10.5. The molecule has 108 valence electrons. The number of benzene rings is 2. The van der Waals surface area contributed by atoms with Crippen molar-refractivity contribution in [1.29, 1.82) is 5.26 Å². The van der Waals surface area contributed by atoms with Gasteiger partial charge in [0.1, 0.15) is 6.07 Å². The van der Waals surface area contributed by atoms with E-state index in [1.165, 1.54) is 0 Å². The van der Waals surface area contributed by atoms with Crippen molar-refractivity contribution in [1.82, 2.24) is 0 Å². The van der Waals surface area contributed by atoms with Crippen molar-refractivity contribution >= 4 is 17.3 Å². The van der Waals surface area contributed by atoms with Crippen LogP contribution in [0.2, 0.25) is 5.02 Å². The maximum absolute atomic E-state index is 10.5. The molecule has 2 aromatic rings. The van der Waals surface area contributed by atoms with Gasteiger partial charge < -0.3 is 10.4 Å². The van der Waals surface area contributed by atoms with Crippen LogP contribution in [0.15, 0.2) is 48.5 Å². The molecule has 2 rings (SSSR count). The number of halogens is 1. The van der Waals surface area contributed by atoms with Crippen LogP contribution in [-0.4, -0.2) is 11.7 Å². The Kier molecular flexibility index (Phi) is 4.85. The molecule has 21 heavy (non-hydrogen) atoms. The minimum absolute atomic E-state index is 0.428. The molecule has 1 atom stereocenters. The van der Waals surface area contributed by atoms with Gasteiger partial charge in [-0.15, -0.1) is 0 Å². The molecule has 2 aromatic carbocycles. The number of anilines is 1. The molecule has 0 aliphatic heterocycles. The zero-order chi connectivity index (χ0) is 15.3. The molecular formula is C17H17ClN2O. The predicted octanol–water partition coefficient (Wildman–Crippen LogP) is 3.92. The summed E-state index contributed by atoms with van der Waals surface area (Å²) in [5.41, 5.74) is 1.30. The van der Waals surface area contributed by atoms with Gasteiger partial charge in [0.15, 0.2) is 0 Å². The third kappa shape index (κ3) is 3.98. The second kappa shape index (κ2) is 6.62. The zero-order valence-corrected chi connectivity index (χ0v) is 12.6. The van der Waals surface area contributed by atoms with Crippen molar-refractivity contribution in [2.75, 3.05) is 11.9 Å². The van der Waals surface area contributed by atoms with Gasteiger partial charge in [0.05, 0.1) is 16.2 Å². The highest BCUT2D eigenvalue weighted by Crippen LogP contribution is 2.25. The number of nitrogens with zero attached hydrogens (tertiary/aromatic N) is 1. The number of hydrogen-bond donors (Lipinski definition) is 2. The minimum Gasteiger partial charge on any atom is -0.385 e. The van der Waals surface area contributed by atoms with Crippen molar-refractivity contribution < 1.29 is 5.11 Å². The molecule has 0 aliphatic rings. The molecular weight excluding hydrogens is 284 g/mol. The molecule has 0 spiro atoms. The first-order valence-electron chi connectivity index (χ1n) is 6.74. The molecule has 0 radical (unpaired) electrons. The van der Waals surface area contributed by atoms with Crippen LogP contribution in [0.25, 0.3) is 0 Å². The SMILES string of the molecule is CC(O)(CCNc1ccc(C#N)c(Cl)c1)c1ccccc1. The maximum Gasteiger partial charge on any atom is 0.101 e. The molecule has 0 fully saturated rings. The van der Waals surface area contributed by atoms with Crippen LogP contribution in [0.3, 0.4) is 0 Å². The summed E-state index contributed by atoms with van der Waals surface area (Å²) >= 11 is 5.98. The first-order chi connectivity index (χ1) is 10.0. The van der Waals surface area contributed by atoms with E-state index < -0.39 is 5.60 Å². The van der Waals surface area contributed by atoms with Gasteiger partial charge >= 0.3 is 0 Å². The van der Waals surface area contributed by atoms with Crippen molar-refractivity contribution in [3.63, 3.8) is 0 Å². The van der Waals surface area contributed by atoms with Gasteiger partial charge in [0, 0.05) is 12.2 Å². The fraction of sp³-hybridized carbons (Fsp3) is 0.235. The highest BCUT2D eigenvalue weighted by molar-refractivity contribution is 6.32. The summed E-state index contributed by atoms with van der Waals surface area (Å²) in [6.07, 6.45) is 0.564. The van der Waals surface area contributed by atoms with E-state index in [9.17, 15) is 5.11 Å². The predicted molar refractivity (Wildman–Crippen MR) is 85.3 cm³/mol. The topological polar surface area (TPSA) is 56.0 Å². The Morgan fingerprint density at radius 1 is 1.24 bits per heavy atom. The Balaban J connectivity index is 1.95. The Morgan fingerprint density at radius 2 is 1.95 bits per heavy atom. The monoisotopic (exact) mass is 300 g/mol. The lowest BCUT2D eigenvalue weighted by molar-refractivity contribution is 0.0515. The number of nitrogens with one attached hydrogen (secondary N) is 1. The second-order valence-corrected chi connectivity index (χ2v) is 5.53. The molecule has 3 nitrogen and oxygen atoms in total. The Hall–Kier alpha value is -2.02. The van der Waals surface area contributed by atoms with Crippen LogP contribution in [0, 0.1) is 11.3 Å². The summed E-state index contributed by atoms with van der Waals surface area (Å²) in [6, 6.07) is 16.8. The number of hydrogen-bond acceptors (Lipinski definition) is 3. The Bertz CT molecular complexity index is 648. The van der Waals surface area contributed by atoms with Crippen molar-refractivity contribution in [2.24, 2.45) is 0 Å². The van der Waals surface area contributed by atoms with Gasteiger partial charge in [-0.05, 0) is 37.1 Å². The molecule has 2 N–H and O–H groups in total. The Morgan fingerprint density at radius 3 is 2.57 bits per heavy atom. The third-order valence-corrected chi connectivity index (χ3v) is 3.74. The molecule has 0 bridgehead atoms. The largest absolute Gasteiger partial charge is 0.385 e. The highest BCUT2D eigenvalue weighted by Gasteiger charge is 2.21. The summed E-state index contributed by atoms with van der Waals surface area (Å²) in [6.45, 7) is 2.40. The highest BCUT2D eigenvalue weighted by atomic mass is 35.5. The molecule has 0 amide bonds. The van der Waals surface area contributed by atoms with Gasteiger partial charge in [-0.25, -0.2) is 0 Å². The molecule has 0 saturated heterocycles. The van der Waals surface area contributed by atoms with Crippen molar-refractivity contribution in [2.45, 2.75) is 18.9 Å². The van der Waals surface area contributed by atoms with Crippen LogP contribution in [-0.2, 0) is 5.60 Å². The van der Waals surface area contributed by atoms with Crippen LogP contribution in [0.4, 0.5) is 5.69 Å². The Labute approximate surface area is 129 Å². The lowest BCUT2D eigenvalue weighted by atomic mass is 9.92. The quantitative estimate of drug-likeness (QED) is 0.880. The van der Waals surface area contributed by atoms with Crippen molar-refractivity contribution in [3.05, 3.63) is 64.7 Å². The molecule has 4 heteroatoms. The van der Waals surface area contributed by atoms with Gasteiger partial charge in [-0.2, -0.15) is 5.26 Å². The lowest BCUT2D eigenvalue weighted by Gasteiger charge is -2.24. The first-order valence-corrected chi connectivity index (χ1v) is 7.12. The van der Waals surface area contributed by atoms with E-state index in [-0.39, 0.29) is 0 Å². The zero-order valence-electron chi connectivity index (χ0n) is 11.8. The summed E-state index contributed by atoms with van der Waals surface area (Å²) in [5.74, 6) is 0. The smallest absolute Gasteiger partial charge is 0.101 e. The molecule has 0 heterocycles. The van der Waals surface area contributed by atoms with E-state index in [0.29, 0.717) is 23.6 Å². The fourth-order valence-corrected chi connectivity index (χ4v) is 2.33. The van der Waals surface area contributed by atoms with Crippen molar-refractivity contribution in [3.8, 4) is 6.07 Å². The van der Waals surface area contributed by atoms with Crippen LogP contribution in [0.5, 0.6) is 0 Å². The lowest BCUT2D eigenvalue weighted by Crippen LogP contribution is -2.24. The number of rotatable bonds is 5. The van der Waals surface area contributed by atoms with E-state index in [0.717, 1.165) is 11.3 Å². The van der Waals surface area contributed by atoms with Crippen LogP contribution in [0.1, 0.15) is 24.5 Å². The van der Waals surface area contributed by atoms with E-state index >= 15 is 0 Å². The third-order valence-electron chi connectivity index (χ3n) is 3.43. The first kappa shape index (κ1) is 15.4. The van der Waals surface area contributed by atoms with E-state index in [1.807, 2.05) is 42.5 Å². The van der Waals surface area contributed by atoms with Gasteiger partial charge in [-0.3, -0.25) is 0 Å². The molecule has 0 saturated carbocycles. The van der Waals surface area contributed by atoms with Crippen LogP contribution < -0.4 is 5.32 Å². The average molecular weight is 301 g/mol. The molecule has 0 aliphatic carbocycles.